The first-order chi connectivity index (χ1) is 23.6. The molecule has 0 aliphatic rings. The molecule has 0 fully saturated rings. The van der Waals surface area contributed by atoms with Crippen molar-refractivity contribution in [3.8, 4) is 17.2 Å². The number of aromatic nitrogens is 1. The SMILES string of the molecule is COc1c(NC(=O)Nc2ccc(Oc3ccnc(Nc4ccc(C(=O)O)c(SC)c4)c3)c3ccccc23)cc(C(C)(C)C)cc1NS(C)(=O)=O. The normalized spacial score (nSPS) is 11.5. The lowest BCUT2D eigenvalue weighted by Gasteiger charge is -2.24. The molecular weight excluding hydrogens is 679 g/mol. The number of carbonyl (C=O) groups excluding carboxylic acids is 1. The smallest absolute Gasteiger partial charge is 0.336 e. The number of methoxy groups -OCH3 is 1. The van der Waals surface area contributed by atoms with E-state index in [0.717, 1.165) is 17.2 Å². The number of fused-ring (bicyclic) bond motifs is 1. The van der Waals surface area contributed by atoms with Crippen LogP contribution in [0, 0.1) is 0 Å². The number of hydrogen-bond acceptors (Lipinski definition) is 9. The van der Waals surface area contributed by atoms with Gasteiger partial charge in [-0.05, 0) is 65.8 Å². The molecule has 0 aliphatic heterocycles. The molecule has 50 heavy (non-hydrogen) atoms. The largest absolute Gasteiger partial charge is 0.492 e. The van der Waals surface area contributed by atoms with Crippen molar-refractivity contribution in [1.82, 2.24) is 4.98 Å². The molecule has 12 nitrogen and oxygen atoms in total. The van der Waals surface area contributed by atoms with Crippen molar-refractivity contribution in [2.75, 3.05) is 40.3 Å². The van der Waals surface area contributed by atoms with E-state index >= 15 is 0 Å². The number of carboxylic acids is 1. The summed E-state index contributed by atoms with van der Waals surface area (Å²) >= 11 is 1.34. The van der Waals surface area contributed by atoms with Crippen molar-refractivity contribution in [2.24, 2.45) is 0 Å². The van der Waals surface area contributed by atoms with E-state index in [9.17, 15) is 23.1 Å². The minimum Gasteiger partial charge on any atom is -0.492 e. The van der Waals surface area contributed by atoms with Crippen LogP contribution in [-0.2, 0) is 15.4 Å². The van der Waals surface area contributed by atoms with Crippen LogP contribution < -0.4 is 30.1 Å². The third-order valence-corrected chi connectivity index (χ3v) is 8.87. The molecule has 5 rings (SSSR count). The van der Waals surface area contributed by atoms with Crippen molar-refractivity contribution >= 4 is 73.1 Å². The minimum absolute atomic E-state index is 0.167. The molecule has 0 unspecified atom stereocenters. The number of anilines is 5. The summed E-state index contributed by atoms with van der Waals surface area (Å²) in [6.45, 7) is 5.93. The molecule has 0 aliphatic carbocycles. The van der Waals surface area contributed by atoms with Crippen LogP contribution in [0.3, 0.4) is 0 Å². The van der Waals surface area contributed by atoms with Gasteiger partial charge in [0.25, 0.3) is 0 Å². The van der Waals surface area contributed by atoms with Crippen LogP contribution in [-0.4, -0.2) is 50.1 Å². The van der Waals surface area contributed by atoms with Crippen LogP contribution >= 0.6 is 11.8 Å². The van der Waals surface area contributed by atoms with Crippen LogP contribution in [0.25, 0.3) is 10.8 Å². The Morgan fingerprint density at radius 1 is 0.880 bits per heavy atom. The number of pyridine rings is 1. The first kappa shape index (κ1) is 35.8. The topological polar surface area (TPSA) is 168 Å². The maximum absolute atomic E-state index is 13.4. The van der Waals surface area contributed by atoms with Gasteiger partial charge in [0.2, 0.25) is 10.0 Å². The molecule has 2 amide bonds. The Hall–Kier alpha value is -5.47. The van der Waals surface area contributed by atoms with E-state index in [-0.39, 0.29) is 28.1 Å². The molecular formula is C36H37N5O7S2. The van der Waals surface area contributed by atoms with Crippen molar-refractivity contribution in [3.05, 3.63) is 96.2 Å². The highest BCUT2D eigenvalue weighted by Gasteiger charge is 2.22. The van der Waals surface area contributed by atoms with Gasteiger partial charge in [-0.1, -0.05) is 45.0 Å². The Balaban J connectivity index is 1.39. The number of urea groups is 1. The molecule has 0 saturated heterocycles. The van der Waals surface area contributed by atoms with Gasteiger partial charge in [-0.2, -0.15) is 0 Å². The van der Waals surface area contributed by atoms with E-state index in [1.54, 1.807) is 60.8 Å². The molecule has 0 radical (unpaired) electrons. The molecule has 260 valence electrons. The number of nitrogens with zero attached hydrogens (tertiary/aromatic N) is 1. The number of nitrogens with one attached hydrogen (secondary N) is 4. The second-order valence-corrected chi connectivity index (χ2v) is 14.9. The highest BCUT2D eigenvalue weighted by Crippen LogP contribution is 2.40. The Morgan fingerprint density at radius 2 is 1.58 bits per heavy atom. The summed E-state index contributed by atoms with van der Waals surface area (Å²) in [6, 6.07) is 22.2. The Labute approximate surface area is 294 Å². The molecule has 0 bridgehead atoms. The number of amides is 2. The van der Waals surface area contributed by atoms with E-state index in [1.807, 2.05) is 51.3 Å². The molecule has 5 N–H and O–H groups in total. The predicted octanol–water partition coefficient (Wildman–Crippen LogP) is 8.51. The molecule has 1 aromatic heterocycles. The van der Waals surface area contributed by atoms with Crippen LogP contribution in [0.2, 0.25) is 0 Å². The average Bonchev–Trinajstić information content (AvgIpc) is 3.04. The first-order valence-corrected chi connectivity index (χ1v) is 18.4. The molecule has 0 spiro atoms. The highest BCUT2D eigenvalue weighted by molar-refractivity contribution is 7.98. The number of carboxylic acid groups (broad SMARTS) is 1. The third kappa shape index (κ3) is 8.57. The minimum atomic E-state index is -3.64. The number of carbonyl (C=O) groups is 2. The van der Waals surface area contributed by atoms with E-state index < -0.39 is 22.0 Å². The molecule has 1 heterocycles. The quantitative estimate of drug-likeness (QED) is 0.0836. The van der Waals surface area contributed by atoms with Gasteiger partial charge < -0.3 is 30.5 Å². The van der Waals surface area contributed by atoms with Gasteiger partial charge in [-0.25, -0.2) is 23.0 Å². The van der Waals surface area contributed by atoms with Gasteiger partial charge in [-0.3, -0.25) is 4.72 Å². The van der Waals surface area contributed by atoms with Crippen LogP contribution in [0.1, 0.15) is 36.7 Å². The van der Waals surface area contributed by atoms with E-state index in [4.69, 9.17) is 9.47 Å². The number of ether oxygens (including phenoxy) is 2. The standard InChI is InChI=1S/C36H37N5O7S2/c1-36(2,3)21-17-28(33(47-4)29(18-21)41-50(6,45)46)40-35(44)39-27-13-14-30(25-10-8-7-9-24(25)27)48-23-15-16-37-32(20-23)38-22-11-12-26(34(42)43)31(19-22)49-5/h7-20,41H,1-6H3,(H,37,38)(H,42,43)(H2,39,40,44). The van der Waals surface area contributed by atoms with E-state index in [1.165, 1.54) is 18.9 Å². The van der Waals surface area contributed by atoms with Gasteiger partial charge in [0.1, 0.15) is 17.3 Å². The lowest BCUT2D eigenvalue weighted by atomic mass is 9.86. The summed E-state index contributed by atoms with van der Waals surface area (Å²) in [5, 5.41) is 19.8. The summed E-state index contributed by atoms with van der Waals surface area (Å²) in [4.78, 5) is 29.9. The van der Waals surface area contributed by atoms with Crippen molar-refractivity contribution < 1.29 is 32.6 Å². The maximum Gasteiger partial charge on any atom is 0.336 e. The summed E-state index contributed by atoms with van der Waals surface area (Å²) < 4.78 is 38.5. The molecule has 0 saturated carbocycles. The van der Waals surface area contributed by atoms with Gasteiger partial charge in [-0.15, -0.1) is 11.8 Å². The third-order valence-electron chi connectivity index (χ3n) is 7.50. The molecule has 14 heteroatoms. The zero-order valence-corrected chi connectivity index (χ0v) is 29.9. The van der Waals surface area contributed by atoms with Crippen LogP contribution in [0.4, 0.5) is 33.4 Å². The van der Waals surface area contributed by atoms with Gasteiger partial charge in [0, 0.05) is 33.6 Å². The average molecular weight is 716 g/mol. The second-order valence-electron chi connectivity index (χ2n) is 12.3. The summed E-state index contributed by atoms with van der Waals surface area (Å²) in [5.74, 6) is 0.712. The Kier molecular flexibility index (Phi) is 10.4. The zero-order chi connectivity index (χ0) is 36.2. The number of sulfonamides is 1. The lowest BCUT2D eigenvalue weighted by molar-refractivity contribution is 0.0693. The number of hydrogen-bond donors (Lipinski definition) is 5. The number of benzene rings is 4. The van der Waals surface area contributed by atoms with Gasteiger partial charge in [0.05, 0.1) is 36.0 Å². The van der Waals surface area contributed by atoms with Crippen LogP contribution in [0.15, 0.2) is 90.0 Å². The molecule has 4 aromatic carbocycles. The number of aromatic carboxylic acids is 1. The highest BCUT2D eigenvalue weighted by atomic mass is 32.2. The van der Waals surface area contributed by atoms with E-state index in [0.29, 0.717) is 39.0 Å². The number of rotatable bonds is 11. The first-order valence-electron chi connectivity index (χ1n) is 15.3. The van der Waals surface area contributed by atoms with Crippen molar-refractivity contribution in [2.45, 2.75) is 31.1 Å². The zero-order valence-electron chi connectivity index (χ0n) is 28.2. The van der Waals surface area contributed by atoms with Crippen molar-refractivity contribution in [3.63, 3.8) is 0 Å². The Bertz CT molecular complexity index is 2200. The fraction of sp³-hybridized carbons (Fsp3) is 0.194. The second kappa shape index (κ2) is 14.6. The summed E-state index contributed by atoms with van der Waals surface area (Å²) in [7, 11) is -2.24. The van der Waals surface area contributed by atoms with E-state index in [2.05, 4.69) is 25.7 Å². The monoisotopic (exact) mass is 715 g/mol. The predicted molar refractivity (Wildman–Crippen MR) is 200 cm³/mol. The molecule has 0 atom stereocenters. The maximum atomic E-state index is 13.4. The van der Waals surface area contributed by atoms with Gasteiger partial charge >= 0.3 is 12.0 Å². The summed E-state index contributed by atoms with van der Waals surface area (Å²) in [6.07, 6.45) is 4.46. The molecule has 5 aromatic rings. The fourth-order valence-electron chi connectivity index (χ4n) is 5.16. The Morgan fingerprint density at radius 3 is 2.24 bits per heavy atom. The fourth-order valence-corrected chi connectivity index (χ4v) is 6.33. The van der Waals surface area contributed by atoms with Crippen molar-refractivity contribution in [1.29, 1.82) is 0 Å². The summed E-state index contributed by atoms with van der Waals surface area (Å²) in [5.41, 5.74) is 2.32. The van der Waals surface area contributed by atoms with Crippen LogP contribution in [0.5, 0.6) is 17.2 Å². The number of thioether (sulfide) groups is 1. The lowest BCUT2D eigenvalue weighted by Crippen LogP contribution is -2.22. The van der Waals surface area contributed by atoms with Gasteiger partial charge in [0.15, 0.2) is 5.75 Å².